The van der Waals surface area contributed by atoms with E-state index in [9.17, 15) is 9.59 Å². The van der Waals surface area contributed by atoms with Crippen LogP contribution in [0, 0.1) is 7.14 Å². The van der Waals surface area contributed by atoms with Gasteiger partial charge in [0.25, 0.3) is 5.56 Å². The van der Waals surface area contributed by atoms with Crippen LogP contribution in [-0.4, -0.2) is 24.3 Å². The molecule has 7 rings (SSSR count). The Morgan fingerprint density at radius 2 is 1.68 bits per heavy atom. The van der Waals surface area contributed by atoms with E-state index in [1.807, 2.05) is 84.9 Å². The maximum Gasteiger partial charge on any atom is 0.338 e. The summed E-state index contributed by atoms with van der Waals surface area (Å²) in [5, 5.41) is 2.28. The lowest BCUT2D eigenvalue weighted by atomic mass is 9.93. The van der Waals surface area contributed by atoms with E-state index in [2.05, 4.69) is 75.5 Å². The van der Waals surface area contributed by atoms with E-state index >= 15 is 0 Å². The van der Waals surface area contributed by atoms with Crippen molar-refractivity contribution in [2.24, 2.45) is 4.99 Å². The minimum Gasteiger partial charge on any atom is -0.497 e. The van der Waals surface area contributed by atoms with E-state index in [0.717, 1.165) is 40.2 Å². The van der Waals surface area contributed by atoms with Gasteiger partial charge in [0.15, 0.2) is 4.80 Å². The van der Waals surface area contributed by atoms with Gasteiger partial charge in [0.2, 0.25) is 0 Å². The van der Waals surface area contributed by atoms with Crippen LogP contribution in [0.5, 0.6) is 11.5 Å². The van der Waals surface area contributed by atoms with Crippen molar-refractivity contribution in [3.8, 4) is 11.5 Å². The highest BCUT2D eigenvalue weighted by molar-refractivity contribution is 14.1. The molecule has 6 aromatic rings. The van der Waals surface area contributed by atoms with Gasteiger partial charge in [0, 0.05) is 14.7 Å². The number of aromatic nitrogens is 1. The number of carbonyl (C=O) groups is 1. The lowest BCUT2D eigenvalue weighted by Gasteiger charge is -2.26. The maximum absolute atomic E-state index is 14.5. The summed E-state index contributed by atoms with van der Waals surface area (Å²) in [6.07, 6.45) is 1.87. The van der Waals surface area contributed by atoms with Gasteiger partial charge in [-0.1, -0.05) is 96.3 Å². The molecule has 7 nitrogen and oxygen atoms in total. The Morgan fingerprint density at radius 1 is 0.940 bits per heavy atom. The van der Waals surface area contributed by atoms with E-state index < -0.39 is 12.0 Å². The Balaban J connectivity index is 1.40. The Morgan fingerprint density at radius 3 is 2.44 bits per heavy atom. The van der Waals surface area contributed by atoms with Crippen molar-refractivity contribution < 1.29 is 19.0 Å². The number of esters is 1. The molecule has 2 heterocycles. The summed E-state index contributed by atoms with van der Waals surface area (Å²) >= 11 is 5.85. The van der Waals surface area contributed by atoms with Gasteiger partial charge in [0.1, 0.15) is 18.1 Å². The number of hydrogen-bond acceptors (Lipinski definition) is 7. The SMILES string of the molecule is CCOC(=O)C1=C(c2ccccc2)N=c2s/c(=C\c3cc(I)cc(I)c3OCc3cccc4ccccc34)c(=O)n2[C@H]1c1ccc(OC)cc1. The van der Waals surface area contributed by atoms with Crippen LogP contribution in [0.3, 0.4) is 0 Å². The van der Waals surface area contributed by atoms with Crippen molar-refractivity contribution >= 4 is 85.0 Å². The van der Waals surface area contributed by atoms with Crippen LogP contribution in [0.4, 0.5) is 0 Å². The molecule has 1 atom stereocenters. The molecule has 0 amide bonds. The van der Waals surface area contributed by atoms with Gasteiger partial charge in [-0.3, -0.25) is 9.36 Å². The highest BCUT2D eigenvalue weighted by atomic mass is 127. The van der Waals surface area contributed by atoms with Crippen LogP contribution in [-0.2, 0) is 16.1 Å². The summed E-state index contributed by atoms with van der Waals surface area (Å²) in [5.41, 5.74) is 3.83. The molecule has 1 aromatic heterocycles. The molecule has 0 unspecified atom stereocenters. The number of hydrogen-bond donors (Lipinski definition) is 0. The van der Waals surface area contributed by atoms with Crippen molar-refractivity contribution in [2.45, 2.75) is 19.6 Å². The molecule has 250 valence electrons. The number of carbonyl (C=O) groups excluding carboxylic acids is 1. The number of nitrogens with zero attached hydrogens (tertiary/aromatic N) is 2. The van der Waals surface area contributed by atoms with Crippen LogP contribution in [0.25, 0.3) is 22.5 Å². The molecule has 0 radical (unpaired) electrons. The van der Waals surface area contributed by atoms with Gasteiger partial charge in [-0.05, 0) is 104 Å². The predicted molar refractivity (Wildman–Crippen MR) is 214 cm³/mol. The van der Waals surface area contributed by atoms with Crippen molar-refractivity contribution in [2.75, 3.05) is 13.7 Å². The predicted octanol–water partition coefficient (Wildman–Crippen LogP) is 7.89. The second-order valence-corrected chi connectivity index (χ2v) is 14.9. The molecular formula is C40H30I2N2O5S. The van der Waals surface area contributed by atoms with Crippen molar-refractivity contribution in [3.05, 3.63) is 164 Å². The van der Waals surface area contributed by atoms with E-state index in [4.69, 9.17) is 19.2 Å². The molecule has 5 aromatic carbocycles. The highest BCUT2D eigenvalue weighted by Crippen LogP contribution is 2.36. The average Bonchev–Trinajstić information content (AvgIpc) is 3.44. The maximum atomic E-state index is 14.5. The van der Waals surface area contributed by atoms with Crippen LogP contribution in [0.1, 0.15) is 35.2 Å². The third-order valence-electron chi connectivity index (χ3n) is 8.38. The normalized spacial score (nSPS) is 14.3. The fraction of sp³-hybridized carbons (Fsp3) is 0.125. The summed E-state index contributed by atoms with van der Waals surface area (Å²) in [4.78, 5) is 33.8. The zero-order valence-electron chi connectivity index (χ0n) is 27.1. The minimum absolute atomic E-state index is 0.178. The lowest BCUT2D eigenvalue weighted by Crippen LogP contribution is -2.40. The van der Waals surface area contributed by atoms with Gasteiger partial charge in [-0.15, -0.1) is 0 Å². The summed E-state index contributed by atoms with van der Waals surface area (Å²) in [7, 11) is 1.60. The van der Waals surface area contributed by atoms with Crippen molar-refractivity contribution in [3.63, 3.8) is 0 Å². The average molecular weight is 905 g/mol. The first-order valence-corrected chi connectivity index (χ1v) is 18.8. The third kappa shape index (κ3) is 6.75. The monoisotopic (exact) mass is 904 g/mol. The molecule has 0 bridgehead atoms. The van der Waals surface area contributed by atoms with E-state index in [1.54, 1.807) is 18.6 Å². The molecule has 0 fully saturated rings. The zero-order chi connectivity index (χ0) is 34.8. The molecule has 0 spiro atoms. The molecule has 0 saturated carbocycles. The van der Waals surface area contributed by atoms with Crippen LogP contribution in [0.2, 0.25) is 0 Å². The molecular weight excluding hydrogens is 874 g/mol. The quantitative estimate of drug-likeness (QED) is 0.109. The number of benzene rings is 5. The second-order valence-electron chi connectivity index (χ2n) is 11.4. The Kier molecular flexibility index (Phi) is 10.2. The second kappa shape index (κ2) is 14.9. The number of halogens is 2. The molecule has 0 N–H and O–H groups in total. The largest absolute Gasteiger partial charge is 0.497 e. The topological polar surface area (TPSA) is 79.1 Å². The first kappa shape index (κ1) is 34.2. The fourth-order valence-corrected chi connectivity index (χ4v) is 9.13. The Bertz CT molecular complexity index is 2450. The summed E-state index contributed by atoms with van der Waals surface area (Å²) in [6.45, 7) is 2.30. The molecule has 50 heavy (non-hydrogen) atoms. The number of rotatable bonds is 9. The number of thiazole rings is 1. The summed E-state index contributed by atoms with van der Waals surface area (Å²) < 4.78 is 21.6. The Labute approximate surface area is 319 Å². The smallest absolute Gasteiger partial charge is 0.338 e. The first-order chi connectivity index (χ1) is 24.4. The first-order valence-electron chi connectivity index (χ1n) is 15.9. The lowest BCUT2D eigenvalue weighted by molar-refractivity contribution is -0.138. The van der Waals surface area contributed by atoms with Gasteiger partial charge >= 0.3 is 5.97 Å². The van der Waals surface area contributed by atoms with Gasteiger partial charge in [-0.25, -0.2) is 9.79 Å². The summed E-state index contributed by atoms with van der Waals surface area (Å²) in [5.74, 6) is 0.825. The number of ether oxygens (including phenoxy) is 3. The van der Waals surface area contributed by atoms with E-state index in [1.165, 1.54) is 11.3 Å². The van der Waals surface area contributed by atoms with Crippen LogP contribution in [0.15, 0.2) is 125 Å². The van der Waals surface area contributed by atoms with Crippen LogP contribution >= 0.6 is 56.5 Å². The number of fused-ring (bicyclic) bond motifs is 2. The fourth-order valence-electron chi connectivity index (χ4n) is 6.09. The highest BCUT2D eigenvalue weighted by Gasteiger charge is 2.35. The van der Waals surface area contributed by atoms with Crippen molar-refractivity contribution in [1.82, 2.24) is 4.57 Å². The van der Waals surface area contributed by atoms with E-state index in [-0.39, 0.29) is 12.2 Å². The van der Waals surface area contributed by atoms with Gasteiger partial charge in [-0.2, -0.15) is 0 Å². The van der Waals surface area contributed by atoms with Gasteiger partial charge in [0.05, 0.1) is 39.1 Å². The van der Waals surface area contributed by atoms with Crippen LogP contribution < -0.4 is 24.4 Å². The Hall–Kier alpha value is -4.27. The van der Waals surface area contributed by atoms with E-state index in [0.29, 0.717) is 38.7 Å². The zero-order valence-corrected chi connectivity index (χ0v) is 32.2. The van der Waals surface area contributed by atoms with Gasteiger partial charge < -0.3 is 14.2 Å². The molecule has 1 aliphatic rings. The molecule has 1 aliphatic heterocycles. The molecule has 10 heteroatoms. The number of methoxy groups -OCH3 is 1. The van der Waals surface area contributed by atoms with Crippen molar-refractivity contribution in [1.29, 1.82) is 0 Å². The molecule has 0 saturated heterocycles. The third-order valence-corrected chi connectivity index (χ3v) is 10.8. The summed E-state index contributed by atoms with van der Waals surface area (Å²) in [6, 6.07) is 34.6. The standard InChI is InChI=1S/C40H30I2N2O5S/c1-3-48-39(46)34-35(25-11-5-4-6-12-25)43-40-44(36(34)26-16-18-30(47-2)19-17-26)38(45)33(50-40)21-28-20-29(41)22-32(42)37(28)49-23-27-14-9-13-24-10-7-8-15-31(24)27/h4-22,36H,3,23H2,1-2H3/b33-21-/t36-/m0/s1. The minimum atomic E-state index is -0.785. The molecule has 0 aliphatic carbocycles.